The fourth-order valence-electron chi connectivity index (χ4n) is 2.02. The average Bonchev–Trinajstić information content (AvgIpc) is 2.58. The maximum atomic E-state index is 12.3. The van der Waals surface area contributed by atoms with Crippen molar-refractivity contribution in [2.45, 2.75) is 20.8 Å². The molecule has 2 aromatic heterocycles. The third kappa shape index (κ3) is 1.42. The van der Waals surface area contributed by atoms with E-state index < -0.39 is 0 Å². The molecule has 17 heavy (non-hydrogen) atoms. The number of furan rings is 1. The van der Waals surface area contributed by atoms with Gasteiger partial charge >= 0.3 is 0 Å². The van der Waals surface area contributed by atoms with E-state index in [1.54, 1.807) is 11.3 Å². The first-order chi connectivity index (χ1) is 8.08. The minimum absolute atomic E-state index is 0.00801. The first-order valence-corrected chi connectivity index (χ1v) is 6.33. The molecule has 0 amide bonds. The lowest BCUT2D eigenvalue weighted by molar-refractivity contribution is 0.573. The molecule has 0 radical (unpaired) electrons. The summed E-state index contributed by atoms with van der Waals surface area (Å²) in [6.07, 6.45) is 0. The molecule has 3 heteroatoms. The van der Waals surface area contributed by atoms with E-state index in [1.807, 2.05) is 39.0 Å². The summed E-state index contributed by atoms with van der Waals surface area (Å²) in [5, 5.41) is 0.760. The van der Waals surface area contributed by atoms with Gasteiger partial charge in [0.05, 0.1) is 4.70 Å². The van der Waals surface area contributed by atoms with Crippen LogP contribution in [0.5, 0.6) is 0 Å². The lowest BCUT2D eigenvalue weighted by Gasteiger charge is -1.98. The summed E-state index contributed by atoms with van der Waals surface area (Å²) >= 11 is 1.63. The first kappa shape index (κ1) is 10.5. The highest BCUT2D eigenvalue weighted by Crippen LogP contribution is 2.30. The molecule has 0 fully saturated rings. The van der Waals surface area contributed by atoms with E-state index in [2.05, 4.69) is 0 Å². The summed E-state index contributed by atoms with van der Waals surface area (Å²) < 4.78 is 7.58. The van der Waals surface area contributed by atoms with Crippen LogP contribution in [0.15, 0.2) is 27.4 Å². The number of rotatable bonds is 0. The molecule has 0 saturated carbocycles. The number of fused-ring (bicyclic) bond motifs is 2. The van der Waals surface area contributed by atoms with Crippen molar-refractivity contribution in [3.63, 3.8) is 0 Å². The van der Waals surface area contributed by atoms with Gasteiger partial charge in [0, 0.05) is 15.6 Å². The zero-order valence-corrected chi connectivity index (χ0v) is 10.8. The maximum absolute atomic E-state index is 12.3. The van der Waals surface area contributed by atoms with Crippen LogP contribution in [0.25, 0.3) is 20.4 Å². The van der Waals surface area contributed by atoms with Gasteiger partial charge in [-0.2, -0.15) is 0 Å². The molecule has 0 bridgehead atoms. The Bertz CT molecular complexity index is 793. The molecular formula is C14H12O2S. The molecule has 0 atom stereocenters. The van der Waals surface area contributed by atoms with Gasteiger partial charge in [-0.3, -0.25) is 4.79 Å². The van der Waals surface area contributed by atoms with E-state index in [9.17, 15) is 4.79 Å². The zero-order valence-electron chi connectivity index (χ0n) is 9.96. The van der Waals surface area contributed by atoms with Gasteiger partial charge in [0.25, 0.3) is 0 Å². The van der Waals surface area contributed by atoms with Crippen LogP contribution >= 0.6 is 11.3 Å². The number of benzene rings is 1. The molecule has 0 unspecified atom stereocenters. The summed E-state index contributed by atoms with van der Waals surface area (Å²) in [6, 6.07) is 5.98. The van der Waals surface area contributed by atoms with E-state index >= 15 is 0 Å². The second-order valence-electron chi connectivity index (χ2n) is 4.37. The smallest absolute Gasteiger partial charge is 0.231 e. The summed E-state index contributed by atoms with van der Waals surface area (Å²) in [4.78, 5) is 12.3. The zero-order chi connectivity index (χ0) is 12.2. The molecule has 0 spiro atoms. The van der Waals surface area contributed by atoms with Gasteiger partial charge in [-0.25, -0.2) is 0 Å². The summed E-state index contributed by atoms with van der Waals surface area (Å²) in [6.45, 7) is 5.89. The third-order valence-electron chi connectivity index (χ3n) is 3.13. The molecule has 0 saturated heterocycles. The van der Waals surface area contributed by atoms with Crippen LogP contribution in [0, 0.1) is 20.8 Å². The van der Waals surface area contributed by atoms with E-state index in [0.717, 1.165) is 31.7 Å². The molecular weight excluding hydrogens is 232 g/mol. The lowest BCUT2D eigenvalue weighted by Crippen LogP contribution is -1.99. The molecule has 1 aromatic carbocycles. The molecule has 2 heterocycles. The van der Waals surface area contributed by atoms with E-state index in [0.29, 0.717) is 5.58 Å². The van der Waals surface area contributed by atoms with Gasteiger partial charge < -0.3 is 4.42 Å². The molecule has 0 aliphatic carbocycles. The second kappa shape index (κ2) is 3.44. The van der Waals surface area contributed by atoms with Gasteiger partial charge in [0.1, 0.15) is 5.76 Å². The SMILES string of the molecule is Cc1ccc2sc3c(C)c(C)oc3c(=O)c2c1. The Kier molecular flexibility index (Phi) is 2.13. The Morgan fingerprint density at radius 3 is 2.71 bits per heavy atom. The van der Waals surface area contributed by atoms with E-state index in [-0.39, 0.29) is 5.43 Å². The molecule has 2 nitrogen and oxygen atoms in total. The van der Waals surface area contributed by atoms with Crippen LogP contribution in [0.4, 0.5) is 0 Å². The highest BCUT2D eigenvalue weighted by Gasteiger charge is 2.13. The predicted octanol–water partition coefficient (Wildman–Crippen LogP) is 3.93. The molecule has 3 aromatic rings. The minimum atomic E-state index is 0.00801. The predicted molar refractivity (Wildman–Crippen MR) is 72.1 cm³/mol. The molecule has 0 N–H and O–H groups in total. The number of aryl methyl sites for hydroxylation is 3. The lowest BCUT2D eigenvalue weighted by atomic mass is 10.2. The second-order valence-corrected chi connectivity index (χ2v) is 5.42. The normalized spacial score (nSPS) is 11.5. The van der Waals surface area contributed by atoms with E-state index in [4.69, 9.17) is 4.42 Å². The monoisotopic (exact) mass is 244 g/mol. The summed E-state index contributed by atoms with van der Waals surface area (Å²) in [5.41, 5.74) is 2.68. The van der Waals surface area contributed by atoms with Gasteiger partial charge in [0.2, 0.25) is 5.43 Å². The average molecular weight is 244 g/mol. The Hall–Kier alpha value is -1.61. The largest absolute Gasteiger partial charge is 0.456 e. The van der Waals surface area contributed by atoms with E-state index in [1.165, 1.54) is 0 Å². The van der Waals surface area contributed by atoms with Gasteiger partial charge in [-0.05, 0) is 32.9 Å². The Morgan fingerprint density at radius 2 is 1.94 bits per heavy atom. The maximum Gasteiger partial charge on any atom is 0.231 e. The number of hydrogen-bond donors (Lipinski definition) is 0. The van der Waals surface area contributed by atoms with Crippen LogP contribution in [0.1, 0.15) is 16.9 Å². The first-order valence-electron chi connectivity index (χ1n) is 5.51. The van der Waals surface area contributed by atoms with Crippen molar-refractivity contribution >= 4 is 31.7 Å². The van der Waals surface area contributed by atoms with Crippen molar-refractivity contribution in [2.24, 2.45) is 0 Å². The van der Waals surface area contributed by atoms with Gasteiger partial charge in [0.15, 0.2) is 5.58 Å². The number of hydrogen-bond acceptors (Lipinski definition) is 3. The van der Waals surface area contributed by atoms with Crippen LogP contribution in [-0.4, -0.2) is 0 Å². The van der Waals surface area contributed by atoms with Crippen molar-refractivity contribution < 1.29 is 4.42 Å². The van der Waals surface area contributed by atoms with Gasteiger partial charge in [-0.15, -0.1) is 11.3 Å². The van der Waals surface area contributed by atoms with Crippen LogP contribution in [0.3, 0.4) is 0 Å². The standard InChI is InChI=1S/C14H12O2S/c1-7-4-5-11-10(6-7)12(15)13-14(17-11)8(2)9(3)16-13/h4-6H,1-3H3. The molecule has 0 aliphatic rings. The van der Waals surface area contributed by atoms with Crippen molar-refractivity contribution in [1.82, 2.24) is 0 Å². The van der Waals surface area contributed by atoms with Crippen LogP contribution in [0.2, 0.25) is 0 Å². The van der Waals surface area contributed by atoms with Crippen molar-refractivity contribution in [2.75, 3.05) is 0 Å². The molecule has 0 aliphatic heterocycles. The van der Waals surface area contributed by atoms with Crippen LogP contribution < -0.4 is 5.43 Å². The summed E-state index contributed by atoms with van der Waals surface area (Å²) in [7, 11) is 0. The molecule has 86 valence electrons. The fourth-order valence-corrected chi connectivity index (χ4v) is 3.16. The fraction of sp³-hybridized carbons (Fsp3) is 0.214. The Balaban J connectivity index is 2.62. The third-order valence-corrected chi connectivity index (χ3v) is 4.40. The van der Waals surface area contributed by atoms with Crippen molar-refractivity contribution in [3.05, 3.63) is 45.3 Å². The minimum Gasteiger partial charge on any atom is -0.456 e. The summed E-state index contributed by atoms with van der Waals surface area (Å²) in [5.74, 6) is 0.834. The quantitative estimate of drug-likeness (QED) is 0.599. The van der Waals surface area contributed by atoms with Crippen molar-refractivity contribution in [1.29, 1.82) is 0 Å². The Morgan fingerprint density at radius 1 is 1.18 bits per heavy atom. The van der Waals surface area contributed by atoms with Crippen LogP contribution in [-0.2, 0) is 0 Å². The van der Waals surface area contributed by atoms with Gasteiger partial charge in [-0.1, -0.05) is 11.6 Å². The topological polar surface area (TPSA) is 30.2 Å². The van der Waals surface area contributed by atoms with Crippen molar-refractivity contribution in [3.8, 4) is 0 Å². The highest BCUT2D eigenvalue weighted by molar-refractivity contribution is 7.24. The Labute approximate surface area is 102 Å². The molecule has 3 rings (SSSR count). The highest BCUT2D eigenvalue weighted by atomic mass is 32.1.